The summed E-state index contributed by atoms with van der Waals surface area (Å²) < 4.78 is 1.88. The summed E-state index contributed by atoms with van der Waals surface area (Å²) in [6.07, 6.45) is 1.50. The number of hydrogen-bond acceptors (Lipinski definition) is 3. The van der Waals surface area contributed by atoms with E-state index >= 15 is 0 Å². The third kappa shape index (κ3) is 3.71. The molecular weight excluding hydrogens is 298 g/mol. The van der Waals surface area contributed by atoms with Gasteiger partial charge in [0.25, 0.3) is 5.56 Å². The zero-order valence-corrected chi connectivity index (χ0v) is 14.3. The summed E-state index contributed by atoms with van der Waals surface area (Å²) in [6, 6.07) is 17.9. The summed E-state index contributed by atoms with van der Waals surface area (Å²) in [6.45, 7) is 1.67. The van der Waals surface area contributed by atoms with Gasteiger partial charge in [-0.25, -0.2) is 4.98 Å². The number of aromatic nitrogens is 2. The molecule has 0 unspecified atom stereocenters. The van der Waals surface area contributed by atoms with Crippen LogP contribution in [0.15, 0.2) is 59.4 Å². The topological polar surface area (TPSA) is 38.1 Å². The number of rotatable bonds is 6. The molecule has 24 heavy (non-hydrogen) atoms. The van der Waals surface area contributed by atoms with Gasteiger partial charge >= 0.3 is 0 Å². The molecule has 0 N–H and O–H groups in total. The Morgan fingerprint density at radius 3 is 2.46 bits per heavy atom. The summed E-state index contributed by atoms with van der Waals surface area (Å²) in [5.41, 5.74) is 3.55. The standard InChI is InChI=1S/C20H23N3O/c1-22(2)13-8-14-23-19-12-7-6-11-17(19)21-18(20(23)24)15-16-9-4-3-5-10-16/h3-7,9-12H,8,13-15H2,1-2H3. The highest BCUT2D eigenvalue weighted by atomic mass is 16.1. The van der Waals surface area contributed by atoms with E-state index in [-0.39, 0.29) is 5.56 Å². The summed E-state index contributed by atoms with van der Waals surface area (Å²) >= 11 is 0. The normalized spacial score (nSPS) is 11.3. The van der Waals surface area contributed by atoms with Crippen molar-refractivity contribution in [3.8, 4) is 0 Å². The second-order valence-electron chi connectivity index (χ2n) is 6.32. The fourth-order valence-electron chi connectivity index (χ4n) is 2.92. The average Bonchev–Trinajstić information content (AvgIpc) is 2.58. The van der Waals surface area contributed by atoms with Crippen molar-refractivity contribution in [2.75, 3.05) is 20.6 Å². The van der Waals surface area contributed by atoms with Crippen LogP contribution in [-0.2, 0) is 13.0 Å². The second-order valence-corrected chi connectivity index (χ2v) is 6.32. The zero-order valence-electron chi connectivity index (χ0n) is 14.3. The third-order valence-electron chi connectivity index (χ3n) is 4.12. The van der Waals surface area contributed by atoms with Crippen LogP contribution in [0, 0.1) is 0 Å². The van der Waals surface area contributed by atoms with Gasteiger partial charge in [-0.3, -0.25) is 4.79 Å². The van der Waals surface area contributed by atoms with Crippen LogP contribution in [0.3, 0.4) is 0 Å². The molecule has 0 aliphatic rings. The predicted octanol–water partition coefficient (Wildman–Crippen LogP) is 2.94. The molecule has 0 saturated carbocycles. The Balaban J connectivity index is 2.00. The van der Waals surface area contributed by atoms with Gasteiger partial charge in [0.2, 0.25) is 0 Å². The fraction of sp³-hybridized carbons (Fsp3) is 0.300. The van der Waals surface area contributed by atoms with Crippen molar-refractivity contribution < 1.29 is 0 Å². The maximum Gasteiger partial charge on any atom is 0.273 e. The van der Waals surface area contributed by atoms with Gasteiger partial charge in [-0.2, -0.15) is 0 Å². The first kappa shape index (κ1) is 16.4. The zero-order chi connectivity index (χ0) is 16.9. The third-order valence-corrected chi connectivity index (χ3v) is 4.12. The molecule has 1 aromatic heterocycles. The lowest BCUT2D eigenvalue weighted by Crippen LogP contribution is -2.27. The Labute approximate surface area is 142 Å². The first-order valence-corrected chi connectivity index (χ1v) is 8.32. The first-order chi connectivity index (χ1) is 11.6. The molecule has 0 saturated heterocycles. The van der Waals surface area contributed by atoms with E-state index in [1.54, 1.807) is 0 Å². The van der Waals surface area contributed by atoms with Crippen LogP contribution in [0.2, 0.25) is 0 Å². The van der Waals surface area contributed by atoms with E-state index in [9.17, 15) is 4.79 Å². The van der Waals surface area contributed by atoms with Gasteiger partial charge in [-0.1, -0.05) is 42.5 Å². The lowest BCUT2D eigenvalue weighted by Gasteiger charge is -2.14. The van der Waals surface area contributed by atoms with E-state index in [2.05, 4.69) is 9.88 Å². The number of fused-ring (bicyclic) bond motifs is 1. The minimum absolute atomic E-state index is 0.0244. The number of benzene rings is 2. The highest BCUT2D eigenvalue weighted by Crippen LogP contribution is 2.12. The molecule has 3 aromatic rings. The van der Waals surface area contributed by atoms with Gasteiger partial charge in [-0.15, -0.1) is 0 Å². The maximum atomic E-state index is 12.9. The number of nitrogens with zero attached hydrogens (tertiary/aromatic N) is 3. The van der Waals surface area contributed by atoms with Crippen molar-refractivity contribution in [1.82, 2.24) is 14.5 Å². The molecule has 2 aromatic carbocycles. The second kappa shape index (κ2) is 7.41. The predicted molar refractivity (Wildman–Crippen MR) is 98.4 cm³/mol. The molecule has 4 nitrogen and oxygen atoms in total. The van der Waals surface area contributed by atoms with Crippen LogP contribution in [0.4, 0.5) is 0 Å². The Morgan fingerprint density at radius 2 is 1.71 bits per heavy atom. The fourth-order valence-corrected chi connectivity index (χ4v) is 2.92. The molecule has 0 bridgehead atoms. The van der Waals surface area contributed by atoms with Crippen molar-refractivity contribution in [2.45, 2.75) is 19.4 Å². The smallest absolute Gasteiger partial charge is 0.273 e. The monoisotopic (exact) mass is 321 g/mol. The number of aryl methyl sites for hydroxylation is 1. The van der Waals surface area contributed by atoms with Gasteiger partial charge in [0.05, 0.1) is 11.0 Å². The molecule has 0 aliphatic heterocycles. The van der Waals surface area contributed by atoms with Crippen molar-refractivity contribution in [2.24, 2.45) is 0 Å². The Hall–Kier alpha value is -2.46. The molecule has 0 spiro atoms. The van der Waals surface area contributed by atoms with Gasteiger partial charge in [-0.05, 0) is 44.8 Å². The molecule has 0 atom stereocenters. The van der Waals surface area contributed by atoms with E-state index in [0.29, 0.717) is 18.7 Å². The van der Waals surface area contributed by atoms with E-state index in [1.165, 1.54) is 0 Å². The molecule has 3 rings (SSSR count). The van der Waals surface area contributed by atoms with Crippen LogP contribution in [-0.4, -0.2) is 35.1 Å². The van der Waals surface area contributed by atoms with Crippen LogP contribution in [0.1, 0.15) is 17.7 Å². The van der Waals surface area contributed by atoms with E-state index in [0.717, 1.165) is 29.6 Å². The molecule has 124 valence electrons. The highest BCUT2D eigenvalue weighted by molar-refractivity contribution is 5.74. The molecule has 0 aliphatic carbocycles. The quantitative estimate of drug-likeness (QED) is 0.700. The largest absolute Gasteiger partial charge is 0.309 e. The first-order valence-electron chi connectivity index (χ1n) is 8.32. The summed E-state index contributed by atoms with van der Waals surface area (Å²) in [4.78, 5) is 19.7. The van der Waals surface area contributed by atoms with Crippen LogP contribution in [0.5, 0.6) is 0 Å². The minimum Gasteiger partial charge on any atom is -0.309 e. The van der Waals surface area contributed by atoms with E-state index < -0.39 is 0 Å². The van der Waals surface area contributed by atoms with Gasteiger partial charge < -0.3 is 9.47 Å². The Bertz CT molecular complexity index is 869. The molecular formula is C20H23N3O. The lowest BCUT2D eigenvalue weighted by molar-refractivity contribution is 0.386. The van der Waals surface area contributed by atoms with Crippen molar-refractivity contribution >= 4 is 11.0 Å². The molecule has 1 heterocycles. The summed E-state index contributed by atoms with van der Waals surface area (Å²) in [5, 5.41) is 0. The molecule has 0 radical (unpaired) electrons. The van der Waals surface area contributed by atoms with E-state index in [1.807, 2.05) is 73.3 Å². The highest BCUT2D eigenvalue weighted by Gasteiger charge is 2.11. The molecule has 0 fully saturated rings. The van der Waals surface area contributed by atoms with Crippen LogP contribution < -0.4 is 5.56 Å². The molecule has 0 amide bonds. The number of para-hydroxylation sites is 2. The summed E-state index contributed by atoms with van der Waals surface area (Å²) in [5.74, 6) is 0. The Morgan fingerprint density at radius 1 is 1.00 bits per heavy atom. The SMILES string of the molecule is CN(C)CCCn1c(=O)c(Cc2ccccc2)nc2ccccc21. The lowest BCUT2D eigenvalue weighted by atomic mass is 10.1. The summed E-state index contributed by atoms with van der Waals surface area (Å²) in [7, 11) is 4.10. The van der Waals surface area contributed by atoms with Crippen molar-refractivity contribution in [3.63, 3.8) is 0 Å². The maximum absolute atomic E-state index is 12.9. The van der Waals surface area contributed by atoms with Crippen LogP contribution in [0.25, 0.3) is 11.0 Å². The van der Waals surface area contributed by atoms with Crippen molar-refractivity contribution in [1.29, 1.82) is 0 Å². The van der Waals surface area contributed by atoms with Crippen molar-refractivity contribution in [3.05, 3.63) is 76.2 Å². The average molecular weight is 321 g/mol. The van der Waals surface area contributed by atoms with Gasteiger partial charge in [0.1, 0.15) is 5.69 Å². The van der Waals surface area contributed by atoms with Gasteiger partial charge in [0, 0.05) is 13.0 Å². The Kier molecular flexibility index (Phi) is 5.06. The van der Waals surface area contributed by atoms with E-state index in [4.69, 9.17) is 0 Å². The minimum atomic E-state index is 0.0244. The van der Waals surface area contributed by atoms with Crippen LogP contribution >= 0.6 is 0 Å². The molecule has 4 heteroatoms. The number of hydrogen-bond donors (Lipinski definition) is 0. The van der Waals surface area contributed by atoms with Gasteiger partial charge in [0.15, 0.2) is 0 Å².